The number of likely N-dealkylation sites (tertiary alicyclic amines) is 1. The Morgan fingerprint density at radius 2 is 1.80 bits per heavy atom. The standard InChI is InChI=1S/C21H28N6O2S/c22-19(29)16-8-7-13-26(14-16)18(28)15-30-21-24-23-20(25-11-5-2-6-12-25)27(21)17-9-3-1-4-10-17/h1,3-4,9-10,16H,2,5-8,11-15H2,(H2,22,29). The number of carbonyl (C=O) groups excluding carboxylic acids is 2. The van der Waals surface area contributed by atoms with Gasteiger partial charge in [0, 0.05) is 26.2 Å². The molecule has 1 unspecified atom stereocenters. The fourth-order valence-corrected chi connectivity index (χ4v) is 4.96. The van der Waals surface area contributed by atoms with Crippen LogP contribution in [0.3, 0.4) is 0 Å². The molecular weight excluding hydrogens is 400 g/mol. The summed E-state index contributed by atoms with van der Waals surface area (Å²) in [6, 6.07) is 10.0. The molecule has 2 N–H and O–H groups in total. The number of aromatic nitrogens is 3. The fourth-order valence-electron chi connectivity index (χ4n) is 4.11. The summed E-state index contributed by atoms with van der Waals surface area (Å²) in [6.45, 7) is 3.03. The monoisotopic (exact) mass is 428 g/mol. The second-order valence-corrected chi connectivity index (χ2v) is 8.81. The van der Waals surface area contributed by atoms with Crippen LogP contribution in [0.25, 0.3) is 5.69 Å². The third-order valence-corrected chi connectivity index (χ3v) is 6.68. The maximum atomic E-state index is 12.8. The summed E-state index contributed by atoms with van der Waals surface area (Å²) >= 11 is 1.39. The molecule has 0 saturated carbocycles. The number of nitrogens with two attached hydrogens (primary N) is 1. The normalized spacial score (nSPS) is 19.7. The van der Waals surface area contributed by atoms with Crippen molar-refractivity contribution in [3.8, 4) is 5.69 Å². The lowest BCUT2D eigenvalue weighted by Crippen LogP contribution is -2.44. The molecular formula is C21H28N6O2S. The van der Waals surface area contributed by atoms with Crippen LogP contribution < -0.4 is 10.6 Å². The number of rotatable bonds is 6. The van der Waals surface area contributed by atoms with Crippen molar-refractivity contribution in [1.29, 1.82) is 0 Å². The molecule has 160 valence electrons. The summed E-state index contributed by atoms with van der Waals surface area (Å²) in [5.74, 6) is 0.536. The van der Waals surface area contributed by atoms with E-state index in [1.54, 1.807) is 4.90 Å². The molecule has 2 fully saturated rings. The van der Waals surface area contributed by atoms with Gasteiger partial charge < -0.3 is 15.5 Å². The molecule has 1 aromatic heterocycles. The molecule has 0 aliphatic carbocycles. The predicted octanol–water partition coefficient (Wildman–Crippen LogP) is 2.07. The number of primary amides is 1. The van der Waals surface area contributed by atoms with E-state index in [1.807, 2.05) is 34.9 Å². The topological polar surface area (TPSA) is 97.3 Å². The zero-order chi connectivity index (χ0) is 20.9. The summed E-state index contributed by atoms with van der Waals surface area (Å²) < 4.78 is 2.05. The minimum atomic E-state index is -0.324. The van der Waals surface area contributed by atoms with Crippen LogP contribution in [-0.4, -0.2) is 63.4 Å². The van der Waals surface area contributed by atoms with Crippen molar-refractivity contribution in [3.05, 3.63) is 30.3 Å². The van der Waals surface area contributed by atoms with E-state index in [0.29, 0.717) is 18.2 Å². The fraction of sp³-hybridized carbons (Fsp3) is 0.524. The highest BCUT2D eigenvalue weighted by atomic mass is 32.2. The maximum Gasteiger partial charge on any atom is 0.233 e. The number of benzene rings is 1. The number of thioether (sulfide) groups is 1. The average molecular weight is 429 g/mol. The van der Waals surface area contributed by atoms with E-state index in [4.69, 9.17) is 5.73 Å². The number of amides is 2. The van der Waals surface area contributed by atoms with E-state index in [0.717, 1.165) is 50.4 Å². The van der Waals surface area contributed by atoms with Gasteiger partial charge in [-0.3, -0.25) is 14.2 Å². The van der Waals surface area contributed by atoms with Gasteiger partial charge in [0.05, 0.1) is 17.4 Å². The van der Waals surface area contributed by atoms with Crippen molar-refractivity contribution >= 4 is 29.5 Å². The Hall–Kier alpha value is -2.55. The summed E-state index contributed by atoms with van der Waals surface area (Å²) in [5, 5.41) is 9.60. The first-order valence-electron chi connectivity index (χ1n) is 10.6. The minimum absolute atomic E-state index is 0.00749. The molecule has 1 atom stereocenters. The van der Waals surface area contributed by atoms with Crippen LogP contribution in [0, 0.1) is 5.92 Å². The molecule has 4 rings (SSSR count). The molecule has 1 aromatic carbocycles. The second kappa shape index (κ2) is 9.51. The van der Waals surface area contributed by atoms with Crippen molar-refractivity contribution < 1.29 is 9.59 Å². The van der Waals surface area contributed by atoms with Crippen LogP contribution in [0.4, 0.5) is 5.95 Å². The number of piperidine rings is 2. The first kappa shape index (κ1) is 20.7. The molecule has 3 heterocycles. The maximum absolute atomic E-state index is 12.8. The van der Waals surface area contributed by atoms with Crippen molar-refractivity contribution in [2.75, 3.05) is 36.8 Å². The number of para-hydroxylation sites is 1. The molecule has 0 radical (unpaired) electrons. The van der Waals surface area contributed by atoms with Crippen molar-refractivity contribution in [2.24, 2.45) is 11.7 Å². The van der Waals surface area contributed by atoms with Gasteiger partial charge in [-0.2, -0.15) is 0 Å². The molecule has 2 amide bonds. The Bertz CT molecular complexity index is 881. The summed E-state index contributed by atoms with van der Waals surface area (Å²) in [4.78, 5) is 28.3. The second-order valence-electron chi connectivity index (χ2n) is 7.87. The van der Waals surface area contributed by atoms with E-state index in [-0.39, 0.29) is 23.5 Å². The lowest BCUT2D eigenvalue weighted by molar-refractivity contribution is -0.132. The third-order valence-electron chi connectivity index (χ3n) is 5.77. The molecule has 30 heavy (non-hydrogen) atoms. The van der Waals surface area contributed by atoms with Crippen molar-refractivity contribution in [1.82, 2.24) is 19.7 Å². The highest BCUT2D eigenvalue weighted by Gasteiger charge is 2.28. The number of hydrogen-bond acceptors (Lipinski definition) is 6. The smallest absolute Gasteiger partial charge is 0.233 e. The van der Waals surface area contributed by atoms with Crippen LogP contribution in [0.15, 0.2) is 35.5 Å². The van der Waals surface area contributed by atoms with Crippen molar-refractivity contribution in [2.45, 2.75) is 37.3 Å². The van der Waals surface area contributed by atoms with Crippen molar-refractivity contribution in [3.63, 3.8) is 0 Å². The molecule has 2 saturated heterocycles. The molecule has 2 aromatic rings. The number of hydrogen-bond donors (Lipinski definition) is 1. The first-order valence-corrected chi connectivity index (χ1v) is 11.6. The summed E-state index contributed by atoms with van der Waals surface area (Å²) in [5.41, 5.74) is 6.43. The molecule has 2 aliphatic rings. The SMILES string of the molecule is NC(=O)C1CCCN(C(=O)CSc2nnc(N3CCCCC3)n2-c2ccccc2)C1. The van der Waals surface area contributed by atoms with Gasteiger partial charge in [-0.1, -0.05) is 30.0 Å². The largest absolute Gasteiger partial charge is 0.369 e. The van der Waals surface area contributed by atoms with Gasteiger partial charge in [-0.15, -0.1) is 10.2 Å². The van der Waals surface area contributed by atoms with Gasteiger partial charge >= 0.3 is 0 Å². The lowest BCUT2D eigenvalue weighted by atomic mass is 9.97. The van der Waals surface area contributed by atoms with E-state index in [9.17, 15) is 9.59 Å². The predicted molar refractivity (Wildman–Crippen MR) is 117 cm³/mol. The van der Waals surface area contributed by atoms with Crippen LogP contribution in [0.1, 0.15) is 32.1 Å². The van der Waals surface area contributed by atoms with Crippen LogP contribution in [-0.2, 0) is 9.59 Å². The van der Waals surface area contributed by atoms with Crippen LogP contribution in [0.5, 0.6) is 0 Å². The molecule has 0 spiro atoms. The van der Waals surface area contributed by atoms with E-state index >= 15 is 0 Å². The Labute approximate surface area is 180 Å². The van der Waals surface area contributed by atoms with E-state index < -0.39 is 0 Å². The number of nitrogens with zero attached hydrogens (tertiary/aromatic N) is 5. The molecule has 0 bridgehead atoms. The Morgan fingerprint density at radius 3 is 2.53 bits per heavy atom. The van der Waals surface area contributed by atoms with Gasteiger partial charge in [0.25, 0.3) is 0 Å². The highest BCUT2D eigenvalue weighted by Crippen LogP contribution is 2.28. The first-order chi connectivity index (χ1) is 14.6. The third kappa shape index (κ3) is 4.61. The molecule has 2 aliphatic heterocycles. The van der Waals surface area contributed by atoms with Gasteiger partial charge in [-0.05, 0) is 44.2 Å². The lowest BCUT2D eigenvalue weighted by Gasteiger charge is -2.31. The van der Waals surface area contributed by atoms with Crippen LogP contribution in [0.2, 0.25) is 0 Å². The van der Waals surface area contributed by atoms with E-state index in [2.05, 4.69) is 15.1 Å². The Balaban J connectivity index is 1.50. The number of anilines is 1. The minimum Gasteiger partial charge on any atom is -0.369 e. The highest BCUT2D eigenvalue weighted by molar-refractivity contribution is 7.99. The van der Waals surface area contributed by atoms with Gasteiger partial charge in [0.2, 0.25) is 17.8 Å². The average Bonchev–Trinajstić information content (AvgIpc) is 3.22. The Kier molecular flexibility index (Phi) is 6.56. The summed E-state index contributed by atoms with van der Waals surface area (Å²) in [6.07, 6.45) is 5.11. The quantitative estimate of drug-likeness (QED) is 0.708. The zero-order valence-electron chi connectivity index (χ0n) is 17.1. The molecule has 9 heteroatoms. The zero-order valence-corrected chi connectivity index (χ0v) is 17.9. The van der Waals surface area contributed by atoms with Crippen LogP contribution >= 0.6 is 11.8 Å². The van der Waals surface area contributed by atoms with Gasteiger partial charge in [-0.25, -0.2) is 0 Å². The number of carbonyl (C=O) groups is 2. The van der Waals surface area contributed by atoms with Gasteiger partial charge in [0.1, 0.15) is 0 Å². The Morgan fingerprint density at radius 1 is 1.03 bits per heavy atom. The van der Waals surface area contributed by atoms with Gasteiger partial charge in [0.15, 0.2) is 5.16 Å². The molecule has 8 nitrogen and oxygen atoms in total. The van der Waals surface area contributed by atoms with E-state index in [1.165, 1.54) is 18.2 Å². The summed E-state index contributed by atoms with van der Waals surface area (Å²) in [7, 11) is 0.